The van der Waals surface area contributed by atoms with E-state index in [0.29, 0.717) is 29.3 Å². The molecule has 3 N–H and O–H groups in total. The molecule has 0 saturated carbocycles. The van der Waals surface area contributed by atoms with Crippen molar-refractivity contribution in [2.24, 2.45) is 5.41 Å². The fraction of sp³-hybridized carbons (Fsp3) is 0.370. The van der Waals surface area contributed by atoms with Crippen molar-refractivity contribution in [1.29, 1.82) is 5.26 Å². The number of hydrogen-bond donors (Lipinski definition) is 3. The van der Waals surface area contributed by atoms with Crippen molar-refractivity contribution in [3.63, 3.8) is 0 Å². The van der Waals surface area contributed by atoms with Crippen molar-refractivity contribution < 1.29 is 18.8 Å². The zero-order valence-corrected chi connectivity index (χ0v) is 21.0. The van der Waals surface area contributed by atoms with Gasteiger partial charge in [-0.3, -0.25) is 19.1 Å². The summed E-state index contributed by atoms with van der Waals surface area (Å²) in [6.45, 7) is 6.05. The van der Waals surface area contributed by atoms with Crippen LogP contribution in [0.25, 0.3) is 10.9 Å². The van der Waals surface area contributed by atoms with Crippen molar-refractivity contribution in [2.45, 2.75) is 52.2 Å². The molecule has 1 aliphatic rings. The average Bonchev–Trinajstić information content (AvgIpc) is 3.43. The van der Waals surface area contributed by atoms with Crippen LogP contribution in [0.3, 0.4) is 0 Å². The highest BCUT2D eigenvalue weighted by molar-refractivity contribution is 6.06. The van der Waals surface area contributed by atoms with E-state index in [0.717, 1.165) is 5.56 Å². The number of benzene rings is 2. The number of amides is 3. The van der Waals surface area contributed by atoms with Gasteiger partial charge in [-0.15, -0.1) is 0 Å². The molecule has 1 aromatic heterocycles. The summed E-state index contributed by atoms with van der Waals surface area (Å²) in [5.74, 6) is -1.43. The average molecular weight is 505 g/mol. The van der Waals surface area contributed by atoms with Crippen molar-refractivity contribution in [2.75, 3.05) is 6.54 Å². The Morgan fingerprint density at radius 1 is 1.24 bits per heavy atom. The largest absolute Gasteiger partial charge is 0.352 e. The molecule has 0 bridgehead atoms. The van der Waals surface area contributed by atoms with E-state index in [-0.39, 0.29) is 36.6 Å². The molecule has 1 saturated heterocycles. The number of nitrogens with zero attached hydrogens (tertiary/aromatic N) is 3. The lowest BCUT2D eigenvalue weighted by atomic mass is 9.86. The van der Waals surface area contributed by atoms with Gasteiger partial charge in [-0.1, -0.05) is 32.9 Å². The molecule has 4 rings (SSSR count). The van der Waals surface area contributed by atoms with E-state index in [1.54, 1.807) is 24.3 Å². The van der Waals surface area contributed by atoms with Gasteiger partial charge >= 0.3 is 0 Å². The lowest BCUT2D eigenvalue weighted by molar-refractivity contribution is -0.125. The summed E-state index contributed by atoms with van der Waals surface area (Å²) < 4.78 is 15.6. The molecule has 10 heteroatoms. The summed E-state index contributed by atoms with van der Waals surface area (Å²) >= 11 is 0. The van der Waals surface area contributed by atoms with Crippen LogP contribution in [-0.2, 0) is 16.1 Å². The molecule has 9 nitrogen and oxygen atoms in total. The van der Waals surface area contributed by atoms with E-state index in [4.69, 9.17) is 5.26 Å². The topological polar surface area (TPSA) is 129 Å². The lowest BCUT2D eigenvalue weighted by Gasteiger charge is -2.30. The van der Waals surface area contributed by atoms with Gasteiger partial charge in [0.1, 0.15) is 11.9 Å². The van der Waals surface area contributed by atoms with Gasteiger partial charge in [-0.25, -0.2) is 4.39 Å². The second-order valence-corrected chi connectivity index (χ2v) is 10.3. The first-order chi connectivity index (χ1) is 17.5. The fourth-order valence-corrected chi connectivity index (χ4v) is 4.32. The molecule has 37 heavy (non-hydrogen) atoms. The third-order valence-electron chi connectivity index (χ3n) is 6.36. The highest BCUT2D eigenvalue weighted by atomic mass is 19.1. The van der Waals surface area contributed by atoms with Crippen molar-refractivity contribution in [3.05, 3.63) is 65.1 Å². The van der Waals surface area contributed by atoms with Crippen LogP contribution in [0.5, 0.6) is 0 Å². The van der Waals surface area contributed by atoms with Crippen LogP contribution in [0.15, 0.2) is 42.5 Å². The Morgan fingerprint density at radius 3 is 2.59 bits per heavy atom. The first-order valence-corrected chi connectivity index (χ1v) is 12.1. The first-order valence-electron chi connectivity index (χ1n) is 12.1. The van der Waals surface area contributed by atoms with Crippen LogP contribution in [0.1, 0.15) is 55.2 Å². The molecular weight excluding hydrogens is 475 g/mol. The standard InChI is InChI=1S/C27H29FN6O3/c1-27(2,3)24(26(37)30-14-19-9-11-22(35)31-19)32-25(36)23-20-10-8-18(28)12-21(20)34(33-23)15-17-6-4-16(13-29)5-7-17/h4-8,10,12,19,24H,9,11,14-15H2,1-3H3,(H,30,37)(H,31,35)(H,32,36)/t19?,24-/m1/s1. The Kier molecular flexibility index (Phi) is 7.25. The number of nitrogens with one attached hydrogen (secondary N) is 3. The number of carbonyl (C=O) groups is 3. The molecule has 1 aliphatic heterocycles. The molecule has 0 radical (unpaired) electrons. The Labute approximate surface area is 214 Å². The minimum absolute atomic E-state index is 0.0418. The third kappa shape index (κ3) is 5.94. The molecular formula is C27H29FN6O3. The molecule has 3 amide bonds. The molecule has 0 aliphatic carbocycles. The van der Waals surface area contributed by atoms with Gasteiger partial charge in [0.15, 0.2) is 5.69 Å². The smallest absolute Gasteiger partial charge is 0.273 e. The Morgan fingerprint density at radius 2 is 1.97 bits per heavy atom. The van der Waals surface area contributed by atoms with E-state index < -0.39 is 23.2 Å². The van der Waals surface area contributed by atoms with E-state index in [1.165, 1.54) is 22.9 Å². The minimum atomic E-state index is -0.878. The van der Waals surface area contributed by atoms with Gasteiger partial charge in [0.2, 0.25) is 11.8 Å². The van der Waals surface area contributed by atoms with Gasteiger partial charge in [0, 0.05) is 24.4 Å². The molecule has 2 heterocycles. The zero-order chi connectivity index (χ0) is 26.7. The molecule has 1 fully saturated rings. The predicted octanol–water partition coefficient (Wildman–Crippen LogP) is 2.63. The number of aromatic nitrogens is 2. The Bertz CT molecular complexity index is 1380. The number of halogens is 1. The Balaban J connectivity index is 1.57. The van der Waals surface area contributed by atoms with E-state index in [1.807, 2.05) is 20.8 Å². The predicted molar refractivity (Wildman–Crippen MR) is 135 cm³/mol. The summed E-state index contributed by atoms with van der Waals surface area (Å²) in [6, 6.07) is 12.0. The van der Waals surface area contributed by atoms with E-state index >= 15 is 0 Å². The van der Waals surface area contributed by atoms with Crippen LogP contribution in [0.2, 0.25) is 0 Å². The van der Waals surface area contributed by atoms with Gasteiger partial charge in [-0.05, 0) is 47.7 Å². The maximum absolute atomic E-state index is 14.1. The van der Waals surface area contributed by atoms with Crippen LogP contribution >= 0.6 is 0 Å². The van der Waals surface area contributed by atoms with Gasteiger partial charge in [-0.2, -0.15) is 10.4 Å². The summed E-state index contributed by atoms with van der Waals surface area (Å²) in [4.78, 5) is 37.9. The summed E-state index contributed by atoms with van der Waals surface area (Å²) in [5.41, 5.74) is 1.23. The van der Waals surface area contributed by atoms with Crippen molar-refractivity contribution >= 4 is 28.6 Å². The summed E-state index contributed by atoms with van der Waals surface area (Å²) in [7, 11) is 0. The van der Waals surface area contributed by atoms with Crippen LogP contribution in [0, 0.1) is 22.6 Å². The zero-order valence-electron chi connectivity index (χ0n) is 21.0. The van der Waals surface area contributed by atoms with Gasteiger partial charge in [0.05, 0.1) is 23.7 Å². The molecule has 1 unspecified atom stereocenters. The molecule has 2 aromatic carbocycles. The summed E-state index contributed by atoms with van der Waals surface area (Å²) in [6.07, 6.45) is 1.07. The van der Waals surface area contributed by atoms with Crippen LogP contribution in [0.4, 0.5) is 4.39 Å². The van der Waals surface area contributed by atoms with Gasteiger partial charge in [0.25, 0.3) is 5.91 Å². The quantitative estimate of drug-likeness (QED) is 0.456. The van der Waals surface area contributed by atoms with Gasteiger partial charge < -0.3 is 16.0 Å². The van der Waals surface area contributed by atoms with E-state index in [9.17, 15) is 18.8 Å². The summed E-state index contributed by atoms with van der Waals surface area (Å²) in [5, 5.41) is 22.4. The second kappa shape index (κ2) is 10.4. The highest BCUT2D eigenvalue weighted by Crippen LogP contribution is 2.24. The first kappa shape index (κ1) is 25.8. The molecule has 192 valence electrons. The maximum atomic E-state index is 14.1. The molecule has 2 atom stereocenters. The van der Waals surface area contributed by atoms with Crippen molar-refractivity contribution in [1.82, 2.24) is 25.7 Å². The number of rotatable bonds is 7. The number of carbonyl (C=O) groups excluding carboxylic acids is 3. The second-order valence-electron chi connectivity index (χ2n) is 10.3. The maximum Gasteiger partial charge on any atom is 0.273 e. The van der Waals surface area contributed by atoms with Crippen LogP contribution < -0.4 is 16.0 Å². The van der Waals surface area contributed by atoms with E-state index in [2.05, 4.69) is 27.1 Å². The molecule has 0 spiro atoms. The normalized spacial score (nSPS) is 16.2. The van der Waals surface area contributed by atoms with Crippen molar-refractivity contribution in [3.8, 4) is 6.07 Å². The number of nitriles is 1. The lowest BCUT2D eigenvalue weighted by Crippen LogP contribution is -2.55. The third-order valence-corrected chi connectivity index (χ3v) is 6.36. The highest BCUT2D eigenvalue weighted by Gasteiger charge is 2.34. The number of hydrogen-bond acceptors (Lipinski definition) is 5. The monoisotopic (exact) mass is 504 g/mol. The fourth-order valence-electron chi connectivity index (χ4n) is 4.32. The Hall–Kier alpha value is -4.26. The minimum Gasteiger partial charge on any atom is -0.352 e. The molecule has 3 aromatic rings. The number of fused-ring (bicyclic) bond motifs is 1. The SMILES string of the molecule is CC(C)(C)[C@H](NC(=O)c1nn(Cc2ccc(C#N)cc2)c2cc(F)ccc12)C(=O)NCC1CCC(=O)N1. The van der Waals surface area contributed by atoms with Crippen LogP contribution in [-0.4, -0.2) is 46.1 Å².